The average molecular weight is 427 g/mol. The predicted molar refractivity (Wildman–Crippen MR) is 110 cm³/mol. The van der Waals surface area contributed by atoms with Gasteiger partial charge in [-0.15, -0.1) is 0 Å². The van der Waals surface area contributed by atoms with Crippen LogP contribution in [0.5, 0.6) is 0 Å². The van der Waals surface area contributed by atoms with Crippen LogP contribution in [0.25, 0.3) is 5.52 Å². The van der Waals surface area contributed by atoms with E-state index in [4.69, 9.17) is 9.84 Å². The van der Waals surface area contributed by atoms with Crippen LogP contribution in [0.2, 0.25) is 0 Å². The predicted octanol–water partition coefficient (Wildman–Crippen LogP) is 1.81. The lowest BCUT2D eigenvalue weighted by atomic mass is 9.97. The van der Waals surface area contributed by atoms with Crippen LogP contribution in [-0.2, 0) is 18.0 Å². The summed E-state index contributed by atoms with van der Waals surface area (Å²) in [4.78, 5) is 31.0. The second kappa shape index (κ2) is 8.43. The normalized spacial score (nSPS) is 23.0. The Balaban J connectivity index is 1.38. The Labute approximate surface area is 178 Å². The zero-order chi connectivity index (χ0) is 21.4. The van der Waals surface area contributed by atoms with Gasteiger partial charge >= 0.3 is 0 Å². The van der Waals surface area contributed by atoms with E-state index in [9.17, 15) is 9.18 Å². The number of likely N-dealkylation sites (tertiary alicyclic amines) is 1. The Hall–Kier alpha value is -2.72. The summed E-state index contributed by atoms with van der Waals surface area (Å²) in [5.74, 6) is 2.84. The number of alkyl halides is 1. The van der Waals surface area contributed by atoms with Gasteiger partial charge in [0.1, 0.15) is 24.1 Å². The van der Waals surface area contributed by atoms with Crippen molar-refractivity contribution in [2.24, 2.45) is 5.92 Å². The van der Waals surface area contributed by atoms with E-state index in [2.05, 4.69) is 31.8 Å². The van der Waals surface area contributed by atoms with Crippen LogP contribution >= 0.6 is 0 Å². The monoisotopic (exact) mass is 427 g/mol. The number of fused-ring (bicyclic) bond motifs is 1. The Morgan fingerprint density at radius 2 is 1.94 bits per heavy atom. The first-order chi connectivity index (χ1) is 15.1. The molecule has 2 unspecified atom stereocenters. The number of nitrogens with one attached hydrogen (secondary N) is 1. The van der Waals surface area contributed by atoms with E-state index in [-0.39, 0.29) is 17.4 Å². The van der Waals surface area contributed by atoms with Crippen LogP contribution < -0.4 is 5.56 Å². The Morgan fingerprint density at radius 3 is 2.68 bits per heavy atom. The topological polar surface area (TPSA) is 101 Å². The minimum absolute atomic E-state index is 0.0900. The number of hydrogen-bond donors (Lipinski definition) is 1. The van der Waals surface area contributed by atoms with Gasteiger partial charge in [0, 0.05) is 56.1 Å². The highest BCUT2D eigenvalue weighted by Gasteiger charge is 2.34. The molecule has 0 aliphatic carbocycles. The van der Waals surface area contributed by atoms with Crippen molar-refractivity contribution in [1.82, 2.24) is 34.4 Å². The van der Waals surface area contributed by atoms with E-state index < -0.39 is 6.67 Å². The Morgan fingerprint density at radius 1 is 1.16 bits per heavy atom. The zero-order valence-corrected chi connectivity index (χ0v) is 17.5. The van der Waals surface area contributed by atoms with E-state index in [1.54, 1.807) is 10.7 Å². The van der Waals surface area contributed by atoms with Crippen LogP contribution in [0, 0.1) is 5.92 Å². The Kier molecular flexibility index (Phi) is 5.49. The highest BCUT2D eigenvalue weighted by Crippen LogP contribution is 2.31. The number of nitrogens with zero attached hydrogens (tertiary/aromatic N) is 6. The van der Waals surface area contributed by atoms with Gasteiger partial charge in [0.25, 0.3) is 5.56 Å². The molecular formula is C21H26FN7O2. The van der Waals surface area contributed by atoms with E-state index in [1.165, 1.54) is 12.4 Å². The number of halogens is 1. The third-order valence-corrected chi connectivity index (χ3v) is 6.35. The maximum atomic E-state index is 12.7. The molecule has 31 heavy (non-hydrogen) atoms. The number of imidazole rings is 1. The lowest BCUT2D eigenvalue weighted by molar-refractivity contribution is 0.0832. The highest BCUT2D eigenvalue weighted by atomic mass is 19.1. The molecule has 2 aliphatic rings. The summed E-state index contributed by atoms with van der Waals surface area (Å²) in [5, 5.41) is 4.83. The Bertz CT molecular complexity index is 1110. The molecule has 0 amide bonds. The van der Waals surface area contributed by atoms with Crippen molar-refractivity contribution in [3.05, 3.63) is 52.0 Å². The molecule has 0 aromatic carbocycles. The molecule has 5 heterocycles. The molecule has 164 valence electrons. The van der Waals surface area contributed by atoms with Crippen molar-refractivity contribution >= 4 is 5.52 Å². The number of ether oxygens (including phenoxy) is 1. The van der Waals surface area contributed by atoms with E-state index in [1.807, 2.05) is 0 Å². The smallest absolute Gasteiger partial charge is 0.276 e. The third kappa shape index (κ3) is 3.97. The quantitative estimate of drug-likeness (QED) is 0.663. The van der Waals surface area contributed by atoms with Crippen molar-refractivity contribution < 1.29 is 9.13 Å². The fraction of sp³-hybridized carbons (Fsp3) is 0.571. The van der Waals surface area contributed by atoms with Crippen molar-refractivity contribution in [2.45, 2.75) is 44.8 Å². The van der Waals surface area contributed by atoms with Gasteiger partial charge in [0.15, 0.2) is 5.52 Å². The first-order valence-corrected chi connectivity index (χ1v) is 10.8. The molecule has 2 fully saturated rings. The maximum absolute atomic E-state index is 12.7. The van der Waals surface area contributed by atoms with Crippen molar-refractivity contribution in [1.29, 1.82) is 0 Å². The maximum Gasteiger partial charge on any atom is 0.276 e. The summed E-state index contributed by atoms with van der Waals surface area (Å²) in [5.41, 5.74) is 0.799. The molecule has 9 nitrogen and oxygen atoms in total. The first kappa shape index (κ1) is 20.2. The fourth-order valence-electron chi connectivity index (χ4n) is 4.62. The van der Waals surface area contributed by atoms with E-state index in [0.717, 1.165) is 31.8 Å². The number of H-pyrrole nitrogens is 1. The van der Waals surface area contributed by atoms with Crippen LogP contribution in [0.3, 0.4) is 0 Å². The molecule has 2 atom stereocenters. The summed E-state index contributed by atoms with van der Waals surface area (Å²) in [6.45, 7) is 5.18. The van der Waals surface area contributed by atoms with Gasteiger partial charge < -0.3 is 9.72 Å². The summed E-state index contributed by atoms with van der Waals surface area (Å²) in [6, 6.07) is 0. The van der Waals surface area contributed by atoms with Crippen LogP contribution in [0.1, 0.15) is 54.6 Å². The van der Waals surface area contributed by atoms with Crippen LogP contribution in [-0.4, -0.2) is 60.8 Å². The molecule has 3 aromatic heterocycles. The minimum atomic E-state index is -0.561. The molecule has 2 aliphatic heterocycles. The molecule has 5 rings (SSSR count). The van der Waals surface area contributed by atoms with Crippen molar-refractivity contribution in [2.75, 3.05) is 26.3 Å². The summed E-state index contributed by atoms with van der Waals surface area (Å²) >= 11 is 0. The van der Waals surface area contributed by atoms with Gasteiger partial charge in [-0.3, -0.25) is 9.69 Å². The molecule has 0 spiro atoms. The summed E-state index contributed by atoms with van der Waals surface area (Å²) in [6.07, 6.45) is 6.45. The standard InChI is InChI=1S/C21H26FN7O2/c1-13-10-28(12-18-23-7-14(6-22)8-24-18)11-16(13)19-26-21(30)17-9-25-20(29(17)27-19)15-2-4-31-5-3-15/h7-9,13,15-16H,2-6,10-12H2,1H3,(H,26,27,30). The molecule has 0 radical (unpaired) electrons. The lowest BCUT2D eigenvalue weighted by Gasteiger charge is -2.21. The molecule has 1 N–H and O–H groups in total. The molecule has 10 heteroatoms. The van der Waals surface area contributed by atoms with Gasteiger partial charge in [-0.25, -0.2) is 23.9 Å². The molecular weight excluding hydrogens is 401 g/mol. The number of rotatable bonds is 5. The molecule has 0 bridgehead atoms. The van der Waals surface area contributed by atoms with Crippen molar-refractivity contribution in [3.8, 4) is 0 Å². The van der Waals surface area contributed by atoms with Gasteiger partial charge in [-0.1, -0.05) is 6.92 Å². The first-order valence-electron chi connectivity index (χ1n) is 10.8. The molecule has 0 saturated carbocycles. The third-order valence-electron chi connectivity index (χ3n) is 6.35. The van der Waals surface area contributed by atoms with Gasteiger partial charge in [0.05, 0.1) is 12.7 Å². The van der Waals surface area contributed by atoms with Crippen LogP contribution in [0.15, 0.2) is 23.4 Å². The fourth-order valence-corrected chi connectivity index (χ4v) is 4.62. The minimum Gasteiger partial charge on any atom is -0.381 e. The van der Waals surface area contributed by atoms with E-state index in [0.29, 0.717) is 48.4 Å². The average Bonchev–Trinajstić information content (AvgIpc) is 3.38. The lowest BCUT2D eigenvalue weighted by Crippen LogP contribution is -2.24. The summed E-state index contributed by atoms with van der Waals surface area (Å²) < 4.78 is 19.9. The second-order valence-corrected chi connectivity index (χ2v) is 8.56. The van der Waals surface area contributed by atoms with Crippen molar-refractivity contribution in [3.63, 3.8) is 0 Å². The highest BCUT2D eigenvalue weighted by molar-refractivity contribution is 5.42. The summed E-state index contributed by atoms with van der Waals surface area (Å²) in [7, 11) is 0. The number of aromatic amines is 1. The number of hydrogen-bond acceptors (Lipinski definition) is 7. The zero-order valence-electron chi connectivity index (χ0n) is 17.5. The SMILES string of the molecule is CC1CN(Cc2ncc(CF)cn2)CC1c1nn2c(C3CCOCC3)ncc2c(=O)[nH]1. The largest absolute Gasteiger partial charge is 0.381 e. The number of aromatic nitrogens is 6. The second-order valence-electron chi connectivity index (χ2n) is 8.56. The van der Waals surface area contributed by atoms with Gasteiger partial charge in [-0.05, 0) is 18.8 Å². The van der Waals surface area contributed by atoms with Gasteiger partial charge in [0.2, 0.25) is 0 Å². The van der Waals surface area contributed by atoms with E-state index >= 15 is 0 Å². The van der Waals surface area contributed by atoms with Gasteiger partial charge in [-0.2, -0.15) is 5.10 Å². The molecule has 2 saturated heterocycles. The molecule has 3 aromatic rings. The van der Waals surface area contributed by atoms with Crippen LogP contribution in [0.4, 0.5) is 4.39 Å².